The number of hydrogen-bond acceptors (Lipinski definition) is 4. The van der Waals surface area contributed by atoms with Gasteiger partial charge in [0.1, 0.15) is 0 Å². The number of nitro groups is 1. The van der Waals surface area contributed by atoms with Crippen molar-refractivity contribution in [3.8, 4) is 0 Å². The van der Waals surface area contributed by atoms with Crippen molar-refractivity contribution in [3.05, 3.63) is 130 Å². The lowest BCUT2D eigenvalue weighted by Crippen LogP contribution is -2.42. The first-order chi connectivity index (χ1) is 16.1. The summed E-state index contributed by atoms with van der Waals surface area (Å²) in [7, 11) is 0. The lowest BCUT2D eigenvalue weighted by atomic mass is 9.72. The van der Waals surface area contributed by atoms with E-state index in [1.54, 1.807) is 29.4 Å². The largest absolute Gasteiger partial charge is 0.280 e. The molecule has 0 spiro atoms. The van der Waals surface area contributed by atoms with Crippen molar-refractivity contribution in [2.75, 3.05) is 4.90 Å². The maximum atomic E-state index is 14.3. The molecule has 34 heavy (non-hydrogen) atoms. The number of fused-ring (bicyclic) bond motifs is 1. The summed E-state index contributed by atoms with van der Waals surface area (Å²) in [4.78, 5) is 31.2. The van der Waals surface area contributed by atoms with Gasteiger partial charge >= 0.3 is 0 Å². The first-order valence-electron chi connectivity index (χ1n) is 10.7. The molecule has 0 saturated heterocycles. The van der Waals surface area contributed by atoms with E-state index in [1.807, 2.05) is 72.8 Å². The molecule has 170 valence electrons. The number of nitrogens with zero attached hydrogens (tertiary/aromatic N) is 3. The standard InChI is InChI=1S/C27H21N3O3.ClH/c31-26-27(18-20-13-15-28-16-14-20,19-21-7-6-10-23(17-21)30(32)33)24-11-4-5-12-25(24)29(26)22-8-2-1-3-9-22;/h1-17H,18-19H2;1H. The molecule has 0 fully saturated rings. The number of amides is 1. The van der Waals surface area contributed by atoms with Gasteiger partial charge in [-0.15, -0.1) is 12.4 Å². The Hall–Kier alpha value is -4.03. The van der Waals surface area contributed by atoms with Crippen LogP contribution in [-0.2, 0) is 23.1 Å². The fourth-order valence-corrected chi connectivity index (χ4v) is 4.73. The number of hydrogen-bond donors (Lipinski definition) is 0. The molecular weight excluding hydrogens is 450 g/mol. The molecule has 7 heteroatoms. The van der Waals surface area contributed by atoms with Crippen molar-refractivity contribution in [2.45, 2.75) is 18.3 Å². The van der Waals surface area contributed by atoms with Gasteiger partial charge in [-0.2, -0.15) is 0 Å². The SMILES string of the molecule is Cl.O=C1N(c2ccccc2)c2ccccc2C1(Cc1ccncc1)Cc1cccc([N+](=O)[O-])c1. The predicted octanol–water partition coefficient (Wildman–Crippen LogP) is 5.81. The Bertz CT molecular complexity index is 1330. The number of benzene rings is 3. The van der Waals surface area contributed by atoms with Crippen LogP contribution in [0.4, 0.5) is 17.1 Å². The van der Waals surface area contributed by atoms with Gasteiger partial charge in [0.05, 0.1) is 16.0 Å². The second kappa shape index (κ2) is 9.45. The molecule has 0 N–H and O–H groups in total. The van der Waals surface area contributed by atoms with E-state index < -0.39 is 10.3 Å². The summed E-state index contributed by atoms with van der Waals surface area (Å²) in [5, 5.41) is 11.4. The molecule has 2 heterocycles. The van der Waals surface area contributed by atoms with Gasteiger partial charge in [0.15, 0.2) is 0 Å². The summed E-state index contributed by atoms with van der Waals surface area (Å²) < 4.78 is 0. The smallest absolute Gasteiger partial charge is 0.269 e. The number of aromatic nitrogens is 1. The third-order valence-electron chi connectivity index (χ3n) is 6.17. The lowest BCUT2D eigenvalue weighted by molar-refractivity contribution is -0.384. The van der Waals surface area contributed by atoms with Gasteiger partial charge in [0.25, 0.3) is 5.69 Å². The molecule has 0 radical (unpaired) electrons. The Balaban J connectivity index is 0.00000274. The van der Waals surface area contributed by atoms with E-state index in [-0.39, 0.29) is 24.0 Å². The van der Waals surface area contributed by atoms with Gasteiger partial charge in [-0.05, 0) is 59.9 Å². The molecule has 0 saturated carbocycles. The van der Waals surface area contributed by atoms with Crippen LogP contribution < -0.4 is 4.90 Å². The van der Waals surface area contributed by atoms with Crippen LogP contribution in [0.25, 0.3) is 0 Å². The van der Waals surface area contributed by atoms with Crippen molar-refractivity contribution in [1.29, 1.82) is 0 Å². The Morgan fingerprint density at radius 2 is 1.50 bits per heavy atom. The minimum Gasteiger partial charge on any atom is -0.280 e. The summed E-state index contributed by atoms with van der Waals surface area (Å²) in [6, 6.07) is 27.8. The molecule has 3 aromatic carbocycles. The molecule has 1 aromatic heterocycles. The number of anilines is 2. The molecule has 1 aliphatic heterocycles. The summed E-state index contributed by atoms with van der Waals surface area (Å²) in [5.41, 5.74) is 3.39. The van der Waals surface area contributed by atoms with E-state index in [9.17, 15) is 14.9 Å². The number of carbonyl (C=O) groups is 1. The van der Waals surface area contributed by atoms with E-state index in [0.29, 0.717) is 12.8 Å². The van der Waals surface area contributed by atoms with Gasteiger partial charge in [-0.3, -0.25) is 24.8 Å². The summed E-state index contributed by atoms with van der Waals surface area (Å²) >= 11 is 0. The van der Waals surface area contributed by atoms with Crippen molar-refractivity contribution >= 4 is 35.4 Å². The molecule has 0 bridgehead atoms. The van der Waals surface area contributed by atoms with E-state index in [0.717, 1.165) is 28.1 Å². The van der Waals surface area contributed by atoms with Gasteiger partial charge in [0, 0.05) is 30.2 Å². The first-order valence-corrected chi connectivity index (χ1v) is 10.7. The van der Waals surface area contributed by atoms with Gasteiger partial charge < -0.3 is 0 Å². The monoisotopic (exact) mass is 471 g/mol. The molecule has 0 aliphatic carbocycles. The van der Waals surface area contributed by atoms with Crippen LogP contribution >= 0.6 is 12.4 Å². The van der Waals surface area contributed by atoms with Gasteiger partial charge in [-0.25, -0.2) is 0 Å². The minimum absolute atomic E-state index is 0. The molecule has 1 unspecified atom stereocenters. The van der Waals surface area contributed by atoms with Crippen LogP contribution in [0.15, 0.2) is 103 Å². The van der Waals surface area contributed by atoms with E-state index in [2.05, 4.69) is 4.98 Å². The number of rotatable bonds is 6. The second-order valence-corrected chi connectivity index (χ2v) is 8.21. The highest BCUT2D eigenvalue weighted by Crippen LogP contribution is 2.49. The quantitative estimate of drug-likeness (QED) is 0.262. The van der Waals surface area contributed by atoms with Crippen LogP contribution in [0.1, 0.15) is 16.7 Å². The predicted molar refractivity (Wildman–Crippen MR) is 134 cm³/mol. The molecule has 4 aromatic rings. The van der Waals surface area contributed by atoms with Gasteiger partial charge in [-0.1, -0.05) is 48.5 Å². The zero-order chi connectivity index (χ0) is 22.8. The molecule has 6 nitrogen and oxygen atoms in total. The number of carbonyl (C=O) groups excluding carboxylic acids is 1. The number of pyridine rings is 1. The average molecular weight is 472 g/mol. The molecule has 5 rings (SSSR count). The van der Waals surface area contributed by atoms with Crippen molar-refractivity contribution < 1.29 is 9.72 Å². The van der Waals surface area contributed by atoms with Crippen LogP contribution in [0, 0.1) is 10.1 Å². The number of halogens is 1. The van der Waals surface area contributed by atoms with Crippen molar-refractivity contribution in [3.63, 3.8) is 0 Å². The fraction of sp³-hybridized carbons (Fsp3) is 0.111. The van der Waals surface area contributed by atoms with Gasteiger partial charge in [0.2, 0.25) is 5.91 Å². The highest BCUT2D eigenvalue weighted by atomic mass is 35.5. The number of non-ortho nitro benzene ring substituents is 1. The maximum absolute atomic E-state index is 14.3. The van der Waals surface area contributed by atoms with Crippen LogP contribution in [0.5, 0.6) is 0 Å². The summed E-state index contributed by atoms with van der Waals surface area (Å²) in [6.07, 6.45) is 4.24. The zero-order valence-electron chi connectivity index (χ0n) is 18.2. The molecule has 1 amide bonds. The van der Waals surface area contributed by atoms with Crippen LogP contribution in [0.3, 0.4) is 0 Å². The Labute approximate surface area is 203 Å². The van der Waals surface area contributed by atoms with Crippen molar-refractivity contribution in [1.82, 2.24) is 4.98 Å². The van der Waals surface area contributed by atoms with Crippen LogP contribution in [0.2, 0.25) is 0 Å². The summed E-state index contributed by atoms with van der Waals surface area (Å²) in [5.74, 6) is -0.0433. The fourth-order valence-electron chi connectivity index (χ4n) is 4.73. The van der Waals surface area contributed by atoms with Crippen molar-refractivity contribution in [2.24, 2.45) is 0 Å². The molecular formula is C27H22ClN3O3. The first kappa shape index (κ1) is 23.1. The second-order valence-electron chi connectivity index (χ2n) is 8.21. The lowest BCUT2D eigenvalue weighted by Gasteiger charge is -2.29. The minimum atomic E-state index is -0.914. The molecule has 1 atom stereocenters. The number of para-hydroxylation sites is 2. The van der Waals surface area contributed by atoms with Crippen LogP contribution in [-0.4, -0.2) is 15.8 Å². The third-order valence-corrected chi connectivity index (χ3v) is 6.17. The maximum Gasteiger partial charge on any atom is 0.269 e. The van der Waals surface area contributed by atoms with E-state index >= 15 is 0 Å². The Kier molecular flexibility index (Phi) is 6.43. The topological polar surface area (TPSA) is 76.3 Å². The highest BCUT2D eigenvalue weighted by Gasteiger charge is 2.51. The zero-order valence-corrected chi connectivity index (χ0v) is 19.0. The number of nitro benzene ring substituents is 1. The molecule has 1 aliphatic rings. The van der Waals surface area contributed by atoms with E-state index in [1.165, 1.54) is 6.07 Å². The summed E-state index contributed by atoms with van der Waals surface area (Å²) in [6.45, 7) is 0. The van der Waals surface area contributed by atoms with E-state index in [4.69, 9.17) is 0 Å². The average Bonchev–Trinajstić information content (AvgIpc) is 3.08. The highest BCUT2D eigenvalue weighted by molar-refractivity contribution is 6.13. The normalized spacial score (nSPS) is 16.6. The Morgan fingerprint density at radius 3 is 2.24 bits per heavy atom. The third kappa shape index (κ3) is 4.04. The Morgan fingerprint density at radius 1 is 0.824 bits per heavy atom.